The van der Waals surface area contributed by atoms with Gasteiger partial charge in [0.25, 0.3) is 5.91 Å². The molecule has 1 aliphatic rings. The predicted octanol–water partition coefficient (Wildman–Crippen LogP) is 4.89. The Bertz CT molecular complexity index is 1120. The predicted molar refractivity (Wildman–Crippen MR) is 114 cm³/mol. The van der Waals surface area contributed by atoms with Crippen LogP contribution in [0, 0.1) is 5.82 Å². The SMILES string of the molecule is CC(Oc1ccc2c(=O)c(Oc3ccc(F)cc3)coc2c1)C(=O)N1CCCCCC1. The Morgan fingerprint density at radius 1 is 1.03 bits per heavy atom. The van der Waals surface area contributed by atoms with Gasteiger partial charge in [0.15, 0.2) is 6.10 Å². The van der Waals surface area contributed by atoms with Crippen LogP contribution in [0.1, 0.15) is 32.6 Å². The van der Waals surface area contributed by atoms with Crippen LogP contribution in [0.2, 0.25) is 0 Å². The third-order valence-corrected chi connectivity index (χ3v) is 5.33. The number of halogens is 1. The number of hydrogen-bond acceptors (Lipinski definition) is 5. The van der Waals surface area contributed by atoms with Crippen LogP contribution in [0.25, 0.3) is 11.0 Å². The molecule has 2 aromatic carbocycles. The Morgan fingerprint density at radius 2 is 1.71 bits per heavy atom. The van der Waals surface area contributed by atoms with E-state index < -0.39 is 11.9 Å². The Morgan fingerprint density at radius 3 is 2.42 bits per heavy atom. The summed E-state index contributed by atoms with van der Waals surface area (Å²) in [5.41, 5.74) is -0.0332. The molecule has 1 atom stereocenters. The van der Waals surface area contributed by atoms with Crippen LogP contribution in [0.15, 0.2) is 57.9 Å². The molecular weight excluding hydrogens is 401 g/mol. The van der Waals surface area contributed by atoms with Crippen molar-refractivity contribution in [1.29, 1.82) is 0 Å². The summed E-state index contributed by atoms with van der Waals surface area (Å²) in [4.78, 5) is 27.3. The van der Waals surface area contributed by atoms with Gasteiger partial charge in [-0.3, -0.25) is 9.59 Å². The molecule has 1 amide bonds. The molecular formula is C24H24FNO5. The second-order valence-electron chi connectivity index (χ2n) is 7.64. The third-order valence-electron chi connectivity index (χ3n) is 5.33. The summed E-state index contributed by atoms with van der Waals surface area (Å²) in [5, 5.41) is 0.318. The van der Waals surface area contributed by atoms with Gasteiger partial charge in [0.2, 0.25) is 11.2 Å². The number of benzene rings is 2. The van der Waals surface area contributed by atoms with Gasteiger partial charge in [0.05, 0.1) is 5.39 Å². The van der Waals surface area contributed by atoms with Crippen molar-refractivity contribution in [3.05, 3.63) is 64.8 Å². The first-order chi connectivity index (χ1) is 15.0. The van der Waals surface area contributed by atoms with Crippen molar-refractivity contribution in [2.75, 3.05) is 13.1 Å². The lowest BCUT2D eigenvalue weighted by atomic mass is 10.2. The van der Waals surface area contributed by atoms with Crippen molar-refractivity contribution in [2.45, 2.75) is 38.7 Å². The van der Waals surface area contributed by atoms with Crippen LogP contribution in [0.5, 0.6) is 17.2 Å². The Hall–Kier alpha value is -3.35. The minimum Gasteiger partial charge on any atom is -0.481 e. The number of likely N-dealkylation sites (tertiary alicyclic amines) is 1. The summed E-state index contributed by atoms with van der Waals surface area (Å²) in [6.07, 6.45) is 4.90. The highest BCUT2D eigenvalue weighted by Crippen LogP contribution is 2.25. The summed E-state index contributed by atoms with van der Waals surface area (Å²) in [6, 6.07) is 10.2. The monoisotopic (exact) mass is 425 g/mol. The molecule has 2 heterocycles. The second-order valence-corrected chi connectivity index (χ2v) is 7.64. The van der Waals surface area contributed by atoms with Gasteiger partial charge < -0.3 is 18.8 Å². The van der Waals surface area contributed by atoms with Crippen LogP contribution in [-0.4, -0.2) is 30.0 Å². The third kappa shape index (κ3) is 4.87. The van der Waals surface area contributed by atoms with Gasteiger partial charge in [0.1, 0.15) is 29.2 Å². The number of amides is 1. The number of carbonyl (C=O) groups is 1. The molecule has 0 N–H and O–H groups in total. The average molecular weight is 425 g/mol. The zero-order valence-electron chi connectivity index (χ0n) is 17.3. The van der Waals surface area contributed by atoms with Crippen LogP contribution in [-0.2, 0) is 4.79 Å². The lowest BCUT2D eigenvalue weighted by molar-refractivity contribution is -0.137. The van der Waals surface area contributed by atoms with Crippen molar-refractivity contribution in [1.82, 2.24) is 4.90 Å². The van der Waals surface area contributed by atoms with E-state index in [0.717, 1.165) is 38.8 Å². The largest absolute Gasteiger partial charge is 0.481 e. The first-order valence-corrected chi connectivity index (χ1v) is 10.5. The summed E-state index contributed by atoms with van der Waals surface area (Å²) >= 11 is 0. The van der Waals surface area contributed by atoms with Gasteiger partial charge in [0, 0.05) is 19.2 Å². The van der Waals surface area contributed by atoms with Crippen LogP contribution in [0.4, 0.5) is 4.39 Å². The molecule has 0 radical (unpaired) electrons. The molecule has 162 valence electrons. The van der Waals surface area contributed by atoms with Gasteiger partial charge in [-0.25, -0.2) is 4.39 Å². The molecule has 1 unspecified atom stereocenters. The van der Waals surface area contributed by atoms with E-state index in [9.17, 15) is 14.0 Å². The van der Waals surface area contributed by atoms with E-state index in [-0.39, 0.29) is 17.1 Å². The first-order valence-electron chi connectivity index (χ1n) is 10.5. The maximum atomic E-state index is 13.0. The van der Waals surface area contributed by atoms with E-state index in [4.69, 9.17) is 13.9 Å². The quantitative estimate of drug-likeness (QED) is 0.582. The molecule has 0 spiro atoms. The molecule has 0 aliphatic carbocycles. The minimum atomic E-state index is -0.636. The normalized spacial score (nSPS) is 15.4. The van der Waals surface area contributed by atoms with Gasteiger partial charge in [-0.05, 0) is 56.2 Å². The number of fused-ring (bicyclic) bond motifs is 1. The van der Waals surface area contributed by atoms with E-state index >= 15 is 0 Å². The fraction of sp³-hybridized carbons (Fsp3) is 0.333. The lowest BCUT2D eigenvalue weighted by Crippen LogP contribution is -2.40. The van der Waals surface area contributed by atoms with Gasteiger partial charge in [-0.15, -0.1) is 0 Å². The lowest BCUT2D eigenvalue weighted by Gasteiger charge is -2.24. The smallest absolute Gasteiger partial charge is 0.263 e. The van der Waals surface area contributed by atoms with Gasteiger partial charge in [-0.1, -0.05) is 12.8 Å². The van der Waals surface area contributed by atoms with Crippen molar-refractivity contribution in [3.63, 3.8) is 0 Å². The molecule has 4 rings (SSSR count). The van der Waals surface area contributed by atoms with Crippen LogP contribution in [0.3, 0.4) is 0 Å². The number of nitrogens with zero attached hydrogens (tertiary/aromatic N) is 1. The van der Waals surface area contributed by atoms with E-state index in [1.54, 1.807) is 25.1 Å². The highest BCUT2D eigenvalue weighted by molar-refractivity contribution is 5.82. The summed E-state index contributed by atoms with van der Waals surface area (Å²) in [6.45, 7) is 3.25. The van der Waals surface area contributed by atoms with E-state index in [0.29, 0.717) is 22.5 Å². The average Bonchev–Trinajstić information content (AvgIpc) is 3.06. The fourth-order valence-corrected chi connectivity index (χ4v) is 3.67. The van der Waals surface area contributed by atoms with Crippen molar-refractivity contribution >= 4 is 16.9 Å². The highest BCUT2D eigenvalue weighted by Gasteiger charge is 2.23. The summed E-state index contributed by atoms with van der Waals surface area (Å²) in [5.74, 6) is 0.338. The molecule has 3 aromatic rings. The van der Waals surface area contributed by atoms with Crippen molar-refractivity contribution in [2.24, 2.45) is 0 Å². The summed E-state index contributed by atoms with van der Waals surface area (Å²) < 4.78 is 30.0. The fourth-order valence-electron chi connectivity index (χ4n) is 3.67. The molecule has 31 heavy (non-hydrogen) atoms. The molecule has 1 aromatic heterocycles. The van der Waals surface area contributed by atoms with Crippen LogP contribution < -0.4 is 14.9 Å². The van der Waals surface area contributed by atoms with Crippen molar-refractivity contribution < 1.29 is 23.1 Å². The number of ether oxygens (including phenoxy) is 2. The number of rotatable bonds is 5. The molecule has 1 saturated heterocycles. The van der Waals surface area contributed by atoms with Gasteiger partial charge >= 0.3 is 0 Å². The number of carbonyl (C=O) groups excluding carboxylic acids is 1. The Kier molecular flexibility index (Phi) is 6.21. The molecule has 6 nitrogen and oxygen atoms in total. The molecule has 1 fully saturated rings. The second kappa shape index (κ2) is 9.20. The summed E-state index contributed by atoms with van der Waals surface area (Å²) in [7, 11) is 0. The van der Waals surface area contributed by atoms with E-state index in [1.165, 1.54) is 30.5 Å². The number of hydrogen-bond donors (Lipinski definition) is 0. The topological polar surface area (TPSA) is 69.0 Å². The highest BCUT2D eigenvalue weighted by atomic mass is 19.1. The zero-order valence-corrected chi connectivity index (χ0v) is 17.3. The minimum absolute atomic E-state index is 0.00233. The molecule has 7 heteroatoms. The van der Waals surface area contributed by atoms with Crippen molar-refractivity contribution in [3.8, 4) is 17.2 Å². The Labute approximate surface area is 179 Å². The van der Waals surface area contributed by atoms with E-state index in [2.05, 4.69) is 0 Å². The zero-order chi connectivity index (χ0) is 21.8. The van der Waals surface area contributed by atoms with Crippen LogP contribution >= 0.6 is 0 Å². The molecule has 0 saturated carbocycles. The molecule has 0 bridgehead atoms. The Balaban J connectivity index is 1.49. The molecule has 1 aliphatic heterocycles. The van der Waals surface area contributed by atoms with E-state index in [1.807, 2.05) is 4.90 Å². The standard InChI is InChI=1S/C24H24FNO5/c1-16(24(28)26-12-4-2-3-5-13-26)30-19-10-11-20-21(14-19)29-15-22(23(20)27)31-18-8-6-17(25)7-9-18/h6-11,14-16H,2-5,12-13H2,1H3. The maximum Gasteiger partial charge on any atom is 0.263 e. The van der Waals surface area contributed by atoms with Gasteiger partial charge in [-0.2, -0.15) is 0 Å². The first kappa shape index (κ1) is 20.9. The maximum absolute atomic E-state index is 13.0.